The van der Waals surface area contributed by atoms with Crippen molar-refractivity contribution in [3.8, 4) is 11.8 Å². The second-order valence-electron chi connectivity index (χ2n) is 3.89. The van der Waals surface area contributed by atoms with Crippen molar-refractivity contribution in [1.82, 2.24) is 0 Å². The van der Waals surface area contributed by atoms with Gasteiger partial charge in [0.1, 0.15) is 4.34 Å². The minimum atomic E-state index is -0.953. The summed E-state index contributed by atoms with van der Waals surface area (Å²) in [4.78, 5) is 12.0. The SMILES string of the molecule is CC.CC.CCc1cc(C#Cc2cccc(C(=O)O)c2)c(Cl)s1. The zero-order valence-corrected chi connectivity index (χ0v) is 15.8. The third-order valence-electron chi connectivity index (χ3n) is 2.54. The van der Waals surface area contributed by atoms with Crippen LogP contribution in [0.1, 0.15) is 61.0 Å². The summed E-state index contributed by atoms with van der Waals surface area (Å²) in [5, 5.41) is 8.91. The van der Waals surface area contributed by atoms with E-state index >= 15 is 0 Å². The molecule has 2 rings (SSSR count). The number of benzene rings is 1. The predicted molar refractivity (Wildman–Crippen MR) is 101 cm³/mol. The van der Waals surface area contributed by atoms with E-state index in [1.807, 2.05) is 33.8 Å². The van der Waals surface area contributed by atoms with Gasteiger partial charge in [-0.15, -0.1) is 11.3 Å². The number of hydrogen-bond acceptors (Lipinski definition) is 2. The smallest absolute Gasteiger partial charge is 0.335 e. The van der Waals surface area contributed by atoms with Crippen LogP contribution in [0.3, 0.4) is 0 Å². The standard InChI is InChI=1S/C15H11ClO2S.2C2H6/c1-2-13-9-11(14(16)19-13)7-6-10-4-3-5-12(8-10)15(17)18;2*1-2/h3-5,8-9H,2H2,1H3,(H,17,18);2*1-2H3. The molecule has 1 N–H and O–H groups in total. The van der Waals surface area contributed by atoms with Crippen LogP contribution in [-0.4, -0.2) is 11.1 Å². The molecule has 0 aliphatic heterocycles. The highest BCUT2D eigenvalue weighted by Gasteiger charge is 2.04. The molecule has 0 aliphatic rings. The zero-order valence-electron chi connectivity index (χ0n) is 14.2. The van der Waals surface area contributed by atoms with Crippen molar-refractivity contribution in [1.29, 1.82) is 0 Å². The fourth-order valence-corrected chi connectivity index (χ4v) is 2.72. The van der Waals surface area contributed by atoms with E-state index in [1.54, 1.807) is 24.3 Å². The first-order valence-electron chi connectivity index (χ1n) is 7.73. The lowest BCUT2D eigenvalue weighted by Crippen LogP contribution is -1.95. The van der Waals surface area contributed by atoms with Gasteiger partial charge < -0.3 is 5.11 Å². The third kappa shape index (κ3) is 6.90. The summed E-state index contributed by atoms with van der Waals surface area (Å²) in [5.41, 5.74) is 1.70. The molecule has 23 heavy (non-hydrogen) atoms. The Morgan fingerprint density at radius 2 is 1.83 bits per heavy atom. The number of halogens is 1. The van der Waals surface area contributed by atoms with E-state index in [4.69, 9.17) is 16.7 Å². The number of carboxylic acids is 1. The van der Waals surface area contributed by atoms with Gasteiger partial charge in [-0.25, -0.2) is 4.79 Å². The Bertz CT molecular complexity index is 678. The molecule has 0 unspecified atom stereocenters. The second-order valence-corrected chi connectivity index (χ2v) is 5.63. The van der Waals surface area contributed by atoms with Gasteiger partial charge in [0.2, 0.25) is 0 Å². The first-order valence-corrected chi connectivity index (χ1v) is 8.93. The van der Waals surface area contributed by atoms with Gasteiger partial charge in [0.05, 0.1) is 11.1 Å². The fourth-order valence-electron chi connectivity index (χ4n) is 1.55. The Morgan fingerprint density at radius 3 is 2.35 bits per heavy atom. The fraction of sp³-hybridized carbons (Fsp3) is 0.316. The van der Waals surface area contributed by atoms with Crippen LogP contribution in [0.2, 0.25) is 4.34 Å². The maximum absolute atomic E-state index is 10.9. The highest BCUT2D eigenvalue weighted by molar-refractivity contribution is 7.16. The molecule has 0 atom stereocenters. The molecule has 0 aliphatic carbocycles. The second kappa shape index (κ2) is 11.8. The molecular weight excluding hydrogens is 328 g/mol. The normalized spacial score (nSPS) is 8.61. The first-order chi connectivity index (χ1) is 11.1. The van der Waals surface area contributed by atoms with Gasteiger partial charge >= 0.3 is 5.97 Å². The molecule has 0 saturated heterocycles. The van der Waals surface area contributed by atoms with Crippen molar-refractivity contribution in [2.24, 2.45) is 0 Å². The summed E-state index contributed by atoms with van der Waals surface area (Å²) in [5.74, 6) is 4.98. The van der Waals surface area contributed by atoms with Crippen LogP contribution in [0.15, 0.2) is 30.3 Å². The molecule has 0 saturated carbocycles. The number of aryl methyl sites for hydroxylation is 1. The summed E-state index contributed by atoms with van der Waals surface area (Å²) < 4.78 is 0.679. The van der Waals surface area contributed by atoms with Gasteiger partial charge in [-0.05, 0) is 30.7 Å². The third-order valence-corrected chi connectivity index (χ3v) is 4.04. The molecule has 0 amide bonds. The first kappa shape index (κ1) is 21.2. The van der Waals surface area contributed by atoms with E-state index in [-0.39, 0.29) is 5.56 Å². The van der Waals surface area contributed by atoms with Crippen LogP contribution < -0.4 is 0 Å². The molecule has 1 aromatic carbocycles. The zero-order chi connectivity index (χ0) is 17.8. The average Bonchev–Trinajstić information content (AvgIpc) is 2.97. The highest BCUT2D eigenvalue weighted by Crippen LogP contribution is 2.27. The summed E-state index contributed by atoms with van der Waals surface area (Å²) in [6.45, 7) is 10.1. The van der Waals surface area contributed by atoms with Gasteiger partial charge in [0, 0.05) is 10.4 Å². The molecule has 1 heterocycles. The maximum Gasteiger partial charge on any atom is 0.335 e. The minimum absolute atomic E-state index is 0.234. The minimum Gasteiger partial charge on any atom is -0.478 e. The average molecular weight is 351 g/mol. The van der Waals surface area contributed by atoms with Crippen molar-refractivity contribution in [3.05, 3.63) is 56.2 Å². The Hall–Kier alpha value is -1.76. The molecule has 0 fully saturated rings. The lowest BCUT2D eigenvalue weighted by molar-refractivity contribution is 0.0697. The molecule has 0 spiro atoms. The number of thiophene rings is 1. The van der Waals surface area contributed by atoms with E-state index in [0.29, 0.717) is 9.90 Å². The summed E-state index contributed by atoms with van der Waals surface area (Å²) in [6, 6.07) is 8.53. The number of carboxylic acid groups (broad SMARTS) is 1. The number of carbonyl (C=O) groups is 1. The van der Waals surface area contributed by atoms with Crippen molar-refractivity contribution < 1.29 is 9.90 Å². The van der Waals surface area contributed by atoms with E-state index in [1.165, 1.54) is 16.2 Å². The molecule has 0 bridgehead atoms. The predicted octanol–water partition coefficient (Wildman–Crippen LogP) is 6.11. The van der Waals surface area contributed by atoms with Crippen LogP contribution in [-0.2, 0) is 6.42 Å². The Morgan fingerprint density at radius 1 is 1.17 bits per heavy atom. The summed E-state index contributed by atoms with van der Waals surface area (Å²) in [6.07, 6.45) is 0.931. The van der Waals surface area contributed by atoms with Crippen LogP contribution in [0, 0.1) is 11.8 Å². The van der Waals surface area contributed by atoms with E-state index in [9.17, 15) is 4.79 Å². The van der Waals surface area contributed by atoms with E-state index < -0.39 is 5.97 Å². The largest absolute Gasteiger partial charge is 0.478 e. The van der Waals surface area contributed by atoms with Gasteiger partial charge in [-0.1, -0.05) is 64.1 Å². The molecule has 1 aromatic heterocycles. The van der Waals surface area contributed by atoms with Gasteiger partial charge in [0.15, 0.2) is 0 Å². The van der Waals surface area contributed by atoms with E-state index in [0.717, 1.165) is 12.0 Å². The van der Waals surface area contributed by atoms with Gasteiger partial charge in [-0.3, -0.25) is 0 Å². The quantitative estimate of drug-likeness (QED) is 0.663. The number of hydrogen-bond donors (Lipinski definition) is 1. The van der Waals surface area contributed by atoms with Crippen LogP contribution in [0.5, 0.6) is 0 Å². The Labute approximate surface area is 148 Å². The number of aromatic carboxylic acids is 1. The molecule has 0 radical (unpaired) electrons. The summed E-state index contributed by atoms with van der Waals surface area (Å²) >= 11 is 7.62. The molecule has 124 valence electrons. The maximum atomic E-state index is 10.9. The highest BCUT2D eigenvalue weighted by atomic mass is 35.5. The Balaban J connectivity index is 0.00000112. The van der Waals surface area contributed by atoms with Gasteiger partial charge in [-0.2, -0.15) is 0 Å². The van der Waals surface area contributed by atoms with Crippen molar-refractivity contribution in [2.45, 2.75) is 41.0 Å². The summed E-state index contributed by atoms with van der Waals surface area (Å²) in [7, 11) is 0. The lowest BCUT2D eigenvalue weighted by atomic mass is 10.1. The lowest BCUT2D eigenvalue weighted by Gasteiger charge is -1.94. The monoisotopic (exact) mass is 350 g/mol. The molecule has 4 heteroatoms. The van der Waals surface area contributed by atoms with Crippen LogP contribution >= 0.6 is 22.9 Å². The van der Waals surface area contributed by atoms with Crippen molar-refractivity contribution >= 4 is 28.9 Å². The van der Waals surface area contributed by atoms with Crippen molar-refractivity contribution in [3.63, 3.8) is 0 Å². The van der Waals surface area contributed by atoms with E-state index in [2.05, 4.69) is 18.8 Å². The topological polar surface area (TPSA) is 37.3 Å². The van der Waals surface area contributed by atoms with Gasteiger partial charge in [0.25, 0.3) is 0 Å². The van der Waals surface area contributed by atoms with Crippen LogP contribution in [0.25, 0.3) is 0 Å². The van der Waals surface area contributed by atoms with Crippen molar-refractivity contribution in [2.75, 3.05) is 0 Å². The van der Waals surface area contributed by atoms with Crippen LogP contribution in [0.4, 0.5) is 0 Å². The molecule has 2 nitrogen and oxygen atoms in total. The molecular formula is C19H23ClO2S. The number of rotatable bonds is 2. The molecule has 2 aromatic rings. The Kier molecular flexibility index (Phi) is 10.9.